The molecule has 0 aliphatic heterocycles. The number of aromatic nitrogens is 1. The molecule has 0 saturated carbocycles. The Balaban J connectivity index is 1.73. The fourth-order valence-electron chi connectivity index (χ4n) is 3.74. The van der Waals surface area contributed by atoms with Crippen molar-refractivity contribution >= 4 is 39.1 Å². The van der Waals surface area contributed by atoms with E-state index in [1.165, 1.54) is 0 Å². The first kappa shape index (κ1) is 22.6. The van der Waals surface area contributed by atoms with Crippen LogP contribution in [0.1, 0.15) is 25.7 Å². The summed E-state index contributed by atoms with van der Waals surface area (Å²) in [5.74, 6) is 0.230. The number of hydrogen-bond acceptors (Lipinski definition) is 6. The number of phenols is 1. The number of nitrogens with zero attached hydrogens (tertiary/aromatic N) is 2. The van der Waals surface area contributed by atoms with Gasteiger partial charge in [-0.3, -0.25) is 0 Å². The molecule has 0 bridgehead atoms. The summed E-state index contributed by atoms with van der Waals surface area (Å²) in [6, 6.07) is 11.0. The summed E-state index contributed by atoms with van der Waals surface area (Å²) in [6.45, 7) is 5.37. The molecule has 0 spiro atoms. The first-order valence-corrected chi connectivity index (χ1v) is 11.1. The fourth-order valence-corrected chi connectivity index (χ4v) is 3.91. The lowest BCUT2D eigenvalue weighted by atomic mass is 10.1. The summed E-state index contributed by atoms with van der Waals surface area (Å²) in [5.41, 5.74) is 14.0. The van der Waals surface area contributed by atoms with Gasteiger partial charge < -0.3 is 26.8 Å². The number of halogens is 1. The van der Waals surface area contributed by atoms with E-state index in [0.717, 1.165) is 85.9 Å². The van der Waals surface area contributed by atoms with E-state index in [1.54, 1.807) is 12.1 Å². The van der Waals surface area contributed by atoms with Crippen molar-refractivity contribution < 1.29 is 5.11 Å². The first-order chi connectivity index (χ1) is 14.6. The number of nitrogens with one attached hydrogen (secondary N) is 1. The molecule has 0 radical (unpaired) electrons. The van der Waals surface area contributed by atoms with E-state index in [4.69, 9.17) is 28.1 Å². The maximum Gasteiger partial charge on any atom is 0.116 e. The van der Waals surface area contributed by atoms with Gasteiger partial charge in [0.1, 0.15) is 5.75 Å². The molecule has 0 aliphatic rings. The monoisotopic (exact) mass is 429 g/mol. The molecule has 3 aromatic rings. The van der Waals surface area contributed by atoms with Crippen molar-refractivity contribution in [2.45, 2.75) is 25.7 Å². The number of anilines is 1. The summed E-state index contributed by atoms with van der Waals surface area (Å²) in [4.78, 5) is 7.18. The van der Waals surface area contributed by atoms with Gasteiger partial charge in [0.25, 0.3) is 0 Å². The molecule has 0 amide bonds. The molecule has 3 rings (SSSR count). The number of aromatic hydroxyl groups is 1. The third kappa shape index (κ3) is 5.95. The third-order valence-electron chi connectivity index (χ3n) is 5.28. The van der Waals surface area contributed by atoms with Gasteiger partial charge in [-0.05, 0) is 94.8 Å². The summed E-state index contributed by atoms with van der Waals surface area (Å²) in [5, 5.41) is 16.2. The molecule has 0 unspecified atom stereocenters. The zero-order valence-electron chi connectivity index (χ0n) is 17.4. The Hall–Kier alpha value is -2.12. The topological polar surface area (TPSA) is 100 Å². The molecule has 1 aromatic heterocycles. The van der Waals surface area contributed by atoms with E-state index >= 15 is 0 Å². The van der Waals surface area contributed by atoms with Crippen molar-refractivity contribution in [1.29, 1.82) is 0 Å². The largest absolute Gasteiger partial charge is 0.508 e. The Kier molecular flexibility index (Phi) is 8.51. The number of hydrogen-bond donors (Lipinski definition) is 4. The van der Waals surface area contributed by atoms with Crippen LogP contribution < -0.4 is 16.8 Å². The minimum Gasteiger partial charge on any atom is -0.508 e. The van der Waals surface area contributed by atoms with Gasteiger partial charge in [-0.2, -0.15) is 0 Å². The van der Waals surface area contributed by atoms with Crippen molar-refractivity contribution in [3.05, 3.63) is 41.4 Å². The van der Waals surface area contributed by atoms with Crippen molar-refractivity contribution in [3.8, 4) is 5.75 Å². The van der Waals surface area contributed by atoms with Gasteiger partial charge in [-0.25, -0.2) is 4.98 Å². The van der Waals surface area contributed by atoms with Crippen molar-refractivity contribution in [3.63, 3.8) is 0 Å². The minimum absolute atomic E-state index is 0.230. The third-order valence-corrected chi connectivity index (χ3v) is 5.51. The van der Waals surface area contributed by atoms with E-state index in [9.17, 15) is 5.11 Å². The quantitative estimate of drug-likeness (QED) is 0.257. The lowest BCUT2D eigenvalue weighted by Crippen LogP contribution is -2.30. The smallest absolute Gasteiger partial charge is 0.116 e. The predicted octanol–water partition coefficient (Wildman–Crippen LogP) is 3.94. The highest BCUT2D eigenvalue weighted by Crippen LogP contribution is 2.33. The van der Waals surface area contributed by atoms with Crippen LogP contribution in [0.3, 0.4) is 0 Å². The fraction of sp³-hybridized carbons (Fsp3) is 0.435. The van der Waals surface area contributed by atoms with Crippen LogP contribution in [0.2, 0.25) is 5.02 Å². The summed E-state index contributed by atoms with van der Waals surface area (Å²) in [7, 11) is 0. The van der Waals surface area contributed by atoms with Crippen LogP contribution in [0, 0.1) is 0 Å². The van der Waals surface area contributed by atoms with Crippen LogP contribution >= 0.6 is 11.6 Å². The lowest BCUT2D eigenvalue weighted by Gasteiger charge is -2.22. The molecular formula is C23H32ClN5O. The molecule has 1 heterocycles. The molecule has 7 heteroatoms. The van der Waals surface area contributed by atoms with Gasteiger partial charge in [0.05, 0.1) is 16.7 Å². The Morgan fingerprint density at radius 1 is 0.867 bits per heavy atom. The minimum atomic E-state index is 0.230. The van der Waals surface area contributed by atoms with Gasteiger partial charge in [-0.1, -0.05) is 11.6 Å². The maximum atomic E-state index is 10.00. The number of rotatable bonds is 12. The van der Waals surface area contributed by atoms with Crippen molar-refractivity contribution in [2.75, 3.05) is 44.6 Å². The van der Waals surface area contributed by atoms with Crippen LogP contribution in [0.25, 0.3) is 21.8 Å². The zero-order valence-corrected chi connectivity index (χ0v) is 18.2. The van der Waals surface area contributed by atoms with E-state index in [1.807, 2.05) is 24.3 Å². The van der Waals surface area contributed by atoms with E-state index < -0.39 is 0 Å². The van der Waals surface area contributed by atoms with Crippen molar-refractivity contribution in [2.24, 2.45) is 11.5 Å². The molecule has 0 atom stereocenters. The lowest BCUT2D eigenvalue weighted by molar-refractivity contribution is 0.266. The Labute approximate surface area is 183 Å². The van der Waals surface area contributed by atoms with Gasteiger partial charge in [-0.15, -0.1) is 0 Å². The predicted molar refractivity (Wildman–Crippen MR) is 127 cm³/mol. The first-order valence-electron chi connectivity index (χ1n) is 10.7. The second kappa shape index (κ2) is 11.3. The number of benzene rings is 2. The van der Waals surface area contributed by atoms with Crippen LogP contribution in [0.4, 0.5) is 5.69 Å². The number of nitrogens with two attached hydrogens (primary N) is 2. The highest BCUT2D eigenvalue weighted by atomic mass is 35.5. The zero-order chi connectivity index (χ0) is 21.3. The van der Waals surface area contributed by atoms with Gasteiger partial charge in [0.15, 0.2) is 0 Å². The second-order valence-electron chi connectivity index (χ2n) is 7.61. The van der Waals surface area contributed by atoms with E-state index in [0.29, 0.717) is 11.6 Å². The Bertz CT molecular complexity index is 965. The molecule has 0 saturated heterocycles. The standard InChI is InChI=1S/C23H32ClN5O/c24-17-5-7-19-22(15-17)28-21-8-6-18(30)16-20(21)23(19)27-11-4-14-29(13-3-10-26)12-2-1-9-25/h5-8,15-16,30H,1-4,9-14,25-26H2,(H,27,28). The van der Waals surface area contributed by atoms with Crippen molar-refractivity contribution in [1.82, 2.24) is 9.88 Å². The average molecular weight is 430 g/mol. The highest BCUT2D eigenvalue weighted by molar-refractivity contribution is 6.31. The van der Waals surface area contributed by atoms with E-state index in [-0.39, 0.29) is 5.75 Å². The number of phenolic OH excluding ortho intramolecular Hbond substituents is 1. The molecule has 6 nitrogen and oxygen atoms in total. The van der Waals surface area contributed by atoms with Crippen LogP contribution in [0.5, 0.6) is 5.75 Å². The molecule has 2 aromatic carbocycles. The Morgan fingerprint density at radius 3 is 2.43 bits per heavy atom. The van der Waals surface area contributed by atoms with Crippen LogP contribution in [0.15, 0.2) is 36.4 Å². The number of pyridine rings is 1. The summed E-state index contributed by atoms with van der Waals surface area (Å²) >= 11 is 6.18. The number of fused-ring (bicyclic) bond motifs is 2. The normalized spacial score (nSPS) is 11.6. The van der Waals surface area contributed by atoms with Crippen LogP contribution in [-0.4, -0.2) is 54.3 Å². The SMILES string of the molecule is NCCCCN(CCCN)CCCNc1c2ccc(Cl)cc2nc2ccc(O)cc12. The van der Waals surface area contributed by atoms with Gasteiger partial charge in [0.2, 0.25) is 0 Å². The summed E-state index contributed by atoms with van der Waals surface area (Å²) < 4.78 is 0. The van der Waals surface area contributed by atoms with Crippen LogP contribution in [-0.2, 0) is 0 Å². The second-order valence-corrected chi connectivity index (χ2v) is 8.05. The molecule has 30 heavy (non-hydrogen) atoms. The van der Waals surface area contributed by atoms with Gasteiger partial charge in [0, 0.05) is 22.3 Å². The molecule has 0 fully saturated rings. The highest BCUT2D eigenvalue weighted by Gasteiger charge is 2.11. The summed E-state index contributed by atoms with van der Waals surface area (Å²) in [6.07, 6.45) is 4.19. The van der Waals surface area contributed by atoms with Gasteiger partial charge >= 0.3 is 0 Å². The average Bonchev–Trinajstić information content (AvgIpc) is 2.74. The molecule has 0 aliphatic carbocycles. The van der Waals surface area contributed by atoms with E-state index in [2.05, 4.69) is 10.2 Å². The molecular weight excluding hydrogens is 398 g/mol. The number of unbranched alkanes of at least 4 members (excludes halogenated alkanes) is 1. The molecule has 162 valence electrons. The maximum absolute atomic E-state index is 10.00. The molecule has 6 N–H and O–H groups in total. The Morgan fingerprint density at radius 2 is 1.63 bits per heavy atom.